The zero-order chi connectivity index (χ0) is 9.82. The number of carbonyl (C=O) groups excluding carboxylic acids is 1. The SMILES string of the molecule is CCCC.O=CNCO[PH](=O)O. The van der Waals surface area contributed by atoms with Crippen LogP contribution in [0.2, 0.25) is 0 Å². The first-order valence-corrected chi connectivity index (χ1v) is 4.98. The summed E-state index contributed by atoms with van der Waals surface area (Å²) in [6, 6.07) is 0. The number of nitrogens with one attached hydrogen (secondary N) is 1. The van der Waals surface area contributed by atoms with Crippen LogP contribution in [0.1, 0.15) is 26.7 Å². The Hall–Kier alpha value is -0.380. The molecule has 0 radical (unpaired) electrons. The molecule has 2 N–H and O–H groups in total. The molecule has 0 aromatic heterocycles. The number of amides is 1. The first-order chi connectivity index (χ1) is 5.68. The summed E-state index contributed by atoms with van der Waals surface area (Å²) in [5.41, 5.74) is 0. The third-order valence-electron chi connectivity index (χ3n) is 0.862. The van der Waals surface area contributed by atoms with Crippen molar-refractivity contribution < 1.29 is 18.8 Å². The Morgan fingerprint density at radius 3 is 2.25 bits per heavy atom. The van der Waals surface area contributed by atoms with Crippen molar-refractivity contribution in [1.82, 2.24) is 5.32 Å². The van der Waals surface area contributed by atoms with Gasteiger partial charge in [0.1, 0.15) is 6.73 Å². The second-order valence-corrected chi connectivity index (χ2v) is 2.70. The van der Waals surface area contributed by atoms with E-state index in [1.807, 2.05) is 5.32 Å². The summed E-state index contributed by atoms with van der Waals surface area (Å²) in [7, 11) is -2.88. The molecule has 0 aliphatic rings. The summed E-state index contributed by atoms with van der Waals surface area (Å²) in [5, 5.41) is 2.04. The topological polar surface area (TPSA) is 75.6 Å². The van der Waals surface area contributed by atoms with E-state index >= 15 is 0 Å². The first-order valence-electron chi connectivity index (χ1n) is 3.71. The van der Waals surface area contributed by atoms with E-state index in [0.717, 1.165) is 0 Å². The van der Waals surface area contributed by atoms with Gasteiger partial charge in [0.25, 0.3) is 0 Å². The number of carbonyl (C=O) groups is 1. The number of unbranched alkanes of at least 4 members (excludes halogenated alkanes) is 1. The van der Waals surface area contributed by atoms with Crippen LogP contribution < -0.4 is 5.32 Å². The number of hydrogen-bond acceptors (Lipinski definition) is 3. The van der Waals surface area contributed by atoms with E-state index in [1.54, 1.807) is 0 Å². The Morgan fingerprint density at radius 2 is 2.00 bits per heavy atom. The third-order valence-corrected chi connectivity index (χ3v) is 1.25. The van der Waals surface area contributed by atoms with Gasteiger partial charge in [0, 0.05) is 0 Å². The van der Waals surface area contributed by atoms with Gasteiger partial charge >= 0.3 is 8.25 Å². The summed E-state index contributed by atoms with van der Waals surface area (Å²) in [6.07, 6.45) is 3.02. The molecule has 74 valence electrons. The predicted octanol–water partition coefficient (Wildman–Crippen LogP) is 0.895. The maximum atomic E-state index is 9.68. The van der Waals surface area contributed by atoms with Crippen LogP contribution in [0.4, 0.5) is 0 Å². The molecule has 0 heterocycles. The molecule has 6 heteroatoms. The quantitative estimate of drug-likeness (QED) is 0.297. The van der Waals surface area contributed by atoms with Crippen molar-refractivity contribution >= 4 is 14.7 Å². The van der Waals surface area contributed by atoms with Crippen LogP contribution in [-0.4, -0.2) is 18.0 Å². The summed E-state index contributed by atoms with van der Waals surface area (Å²) in [5.74, 6) is 0. The number of rotatable bonds is 5. The fourth-order valence-corrected chi connectivity index (χ4v) is 0.344. The highest BCUT2D eigenvalue weighted by Gasteiger charge is 1.86. The lowest BCUT2D eigenvalue weighted by atomic mass is 10.4. The maximum absolute atomic E-state index is 9.68. The second kappa shape index (κ2) is 13.2. The minimum Gasteiger partial charge on any atom is -0.335 e. The van der Waals surface area contributed by atoms with Gasteiger partial charge in [-0.05, 0) is 0 Å². The molecule has 5 nitrogen and oxygen atoms in total. The van der Waals surface area contributed by atoms with Crippen LogP contribution in [0.3, 0.4) is 0 Å². The zero-order valence-electron chi connectivity index (χ0n) is 7.37. The van der Waals surface area contributed by atoms with Crippen LogP contribution in [0.25, 0.3) is 0 Å². The van der Waals surface area contributed by atoms with E-state index in [-0.39, 0.29) is 6.73 Å². The molecule has 1 atom stereocenters. The summed E-state index contributed by atoms with van der Waals surface area (Å²) in [6.45, 7) is 4.15. The lowest BCUT2D eigenvalue weighted by Gasteiger charge is -1.93. The molecular formula is C6H16NO4P. The Bertz CT molecular complexity index is 118. The number of hydrogen-bond donors (Lipinski definition) is 2. The van der Waals surface area contributed by atoms with Crippen LogP contribution in [0.15, 0.2) is 0 Å². The molecule has 0 saturated heterocycles. The minimum atomic E-state index is -2.88. The molecule has 0 aromatic rings. The highest BCUT2D eigenvalue weighted by atomic mass is 31.1. The molecular weight excluding hydrogens is 181 g/mol. The molecule has 0 aliphatic carbocycles. The van der Waals surface area contributed by atoms with Gasteiger partial charge in [-0.2, -0.15) is 0 Å². The molecule has 1 unspecified atom stereocenters. The van der Waals surface area contributed by atoms with Crippen molar-refractivity contribution in [3.05, 3.63) is 0 Å². The van der Waals surface area contributed by atoms with E-state index in [2.05, 4.69) is 18.4 Å². The molecule has 0 bridgehead atoms. The van der Waals surface area contributed by atoms with Gasteiger partial charge in [-0.3, -0.25) is 13.9 Å². The van der Waals surface area contributed by atoms with Crippen LogP contribution in [0, 0.1) is 0 Å². The lowest BCUT2D eigenvalue weighted by Crippen LogP contribution is -2.12. The van der Waals surface area contributed by atoms with E-state index in [4.69, 9.17) is 4.89 Å². The van der Waals surface area contributed by atoms with Gasteiger partial charge in [-0.25, -0.2) is 0 Å². The first kappa shape index (κ1) is 14.2. The van der Waals surface area contributed by atoms with E-state index in [0.29, 0.717) is 6.41 Å². The molecule has 0 saturated carbocycles. The summed E-state index contributed by atoms with van der Waals surface area (Å²) in [4.78, 5) is 17.4. The van der Waals surface area contributed by atoms with Crippen molar-refractivity contribution in [3.8, 4) is 0 Å². The smallest absolute Gasteiger partial charge is 0.318 e. The normalized spacial score (nSPS) is 10.9. The third kappa shape index (κ3) is 22.6. The fourth-order valence-electron chi connectivity index (χ4n) is 0.137. The molecule has 0 spiro atoms. The van der Waals surface area contributed by atoms with Gasteiger partial charge in [-0.15, -0.1) is 0 Å². The van der Waals surface area contributed by atoms with E-state index in [1.165, 1.54) is 12.8 Å². The molecule has 0 aliphatic heterocycles. The molecule has 0 aromatic carbocycles. The Labute approximate surface area is 73.1 Å². The van der Waals surface area contributed by atoms with E-state index < -0.39 is 8.25 Å². The van der Waals surface area contributed by atoms with Crippen LogP contribution in [-0.2, 0) is 13.9 Å². The summed E-state index contributed by atoms with van der Waals surface area (Å²) >= 11 is 0. The van der Waals surface area contributed by atoms with Gasteiger partial charge in [0.15, 0.2) is 0 Å². The second-order valence-electron chi connectivity index (χ2n) is 1.88. The van der Waals surface area contributed by atoms with E-state index in [9.17, 15) is 9.36 Å². The highest BCUT2D eigenvalue weighted by Crippen LogP contribution is 2.11. The Morgan fingerprint density at radius 1 is 1.50 bits per heavy atom. The average molecular weight is 197 g/mol. The Balaban J connectivity index is 0. The van der Waals surface area contributed by atoms with Gasteiger partial charge in [-0.1, -0.05) is 26.7 Å². The van der Waals surface area contributed by atoms with Crippen LogP contribution >= 0.6 is 8.25 Å². The van der Waals surface area contributed by atoms with Gasteiger partial charge < -0.3 is 10.2 Å². The molecule has 12 heavy (non-hydrogen) atoms. The molecule has 1 amide bonds. The minimum absolute atomic E-state index is 0.211. The van der Waals surface area contributed by atoms with Gasteiger partial charge in [0.2, 0.25) is 6.41 Å². The standard InChI is InChI=1S/C4H10.C2H6NO4P/c1-3-4-2;4-1-3-2-7-8(5)6/h3-4H2,1-2H3;1,8H,2H2,(H,3,4)(H,5,6). The average Bonchev–Trinajstić information content (AvgIpc) is 2.05. The lowest BCUT2D eigenvalue weighted by molar-refractivity contribution is -0.110. The van der Waals surface area contributed by atoms with Gasteiger partial charge in [0.05, 0.1) is 0 Å². The van der Waals surface area contributed by atoms with Crippen molar-refractivity contribution in [2.24, 2.45) is 0 Å². The summed E-state index contributed by atoms with van der Waals surface area (Å²) < 4.78 is 13.7. The predicted molar refractivity (Wildman–Crippen MR) is 47.0 cm³/mol. The van der Waals surface area contributed by atoms with Crippen molar-refractivity contribution in [1.29, 1.82) is 0 Å². The Kier molecular flexibility index (Phi) is 15.6. The highest BCUT2D eigenvalue weighted by molar-refractivity contribution is 7.32. The molecule has 0 fully saturated rings. The fraction of sp³-hybridized carbons (Fsp3) is 0.833. The van der Waals surface area contributed by atoms with Crippen molar-refractivity contribution in [2.45, 2.75) is 26.7 Å². The maximum Gasteiger partial charge on any atom is 0.318 e. The zero-order valence-corrected chi connectivity index (χ0v) is 8.37. The largest absolute Gasteiger partial charge is 0.335 e. The van der Waals surface area contributed by atoms with Crippen molar-refractivity contribution in [2.75, 3.05) is 6.73 Å². The monoisotopic (exact) mass is 197 g/mol. The van der Waals surface area contributed by atoms with Crippen LogP contribution in [0.5, 0.6) is 0 Å². The molecule has 0 rings (SSSR count). The van der Waals surface area contributed by atoms with Crippen molar-refractivity contribution in [3.63, 3.8) is 0 Å².